The van der Waals surface area contributed by atoms with Gasteiger partial charge < -0.3 is 29.2 Å². The largest absolute Gasteiger partial charge is 0.495 e. The zero-order chi connectivity index (χ0) is 25.8. The monoisotopic (exact) mass is 525 g/mol. The molecule has 1 amide bonds. The molecule has 0 radical (unpaired) electrons. The van der Waals surface area contributed by atoms with E-state index in [9.17, 15) is 13.2 Å². The van der Waals surface area contributed by atoms with Crippen LogP contribution < -0.4 is 29.1 Å². The Balaban J connectivity index is 1.43. The molecule has 2 heterocycles. The van der Waals surface area contributed by atoms with Crippen molar-refractivity contribution >= 4 is 33.0 Å². The van der Waals surface area contributed by atoms with Crippen LogP contribution in [0.1, 0.15) is 0 Å². The molecule has 0 aromatic heterocycles. The molecule has 2 aliphatic rings. The molecule has 10 nitrogen and oxygen atoms in total. The average Bonchev–Trinajstić information content (AvgIpc) is 2.93. The van der Waals surface area contributed by atoms with Crippen LogP contribution in [-0.2, 0) is 19.6 Å². The number of para-hydroxylation sites is 4. The van der Waals surface area contributed by atoms with Gasteiger partial charge in [-0.3, -0.25) is 9.52 Å². The van der Waals surface area contributed by atoms with Crippen LogP contribution in [0.2, 0.25) is 0 Å². The van der Waals surface area contributed by atoms with Crippen LogP contribution in [0.25, 0.3) is 0 Å². The third kappa shape index (κ3) is 5.42. The van der Waals surface area contributed by atoms with Crippen LogP contribution in [0.15, 0.2) is 71.6 Å². The van der Waals surface area contributed by atoms with Crippen LogP contribution in [0, 0.1) is 0 Å². The van der Waals surface area contributed by atoms with E-state index < -0.39 is 22.0 Å². The van der Waals surface area contributed by atoms with Gasteiger partial charge >= 0.3 is 0 Å². The van der Waals surface area contributed by atoms with E-state index in [0.717, 1.165) is 0 Å². The highest BCUT2D eigenvalue weighted by molar-refractivity contribution is 7.93. The number of carbonyl (C=O) groups excluding carboxylic acids is 1. The fourth-order valence-corrected chi connectivity index (χ4v) is 5.50. The van der Waals surface area contributed by atoms with Gasteiger partial charge in [0.15, 0.2) is 11.5 Å². The Morgan fingerprint density at radius 1 is 1.00 bits per heavy atom. The lowest BCUT2D eigenvalue weighted by Crippen LogP contribution is -2.40. The number of rotatable bonds is 7. The molecule has 37 heavy (non-hydrogen) atoms. The van der Waals surface area contributed by atoms with Gasteiger partial charge in [0.1, 0.15) is 17.3 Å². The molecule has 1 atom stereocenters. The number of amides is 1. The Hall–Kier alpha value is -3.96. The van der Waals surface area contributed by atoms with E-state index in [4.69, 9.17) is 18.9 Å². The molecule has 0 spiro atoms. The van der Waals surface area contributed by atoms with Crippen molar-refractivity contribution in [3.63, 3.8) is 0 Å². The van der Waals surface area contributed by atoms with E-state index in [0.29, 0.717) is 60.6 Å². The Kier molecular flexibility index (Phi) is 7.06. The summed E-state index contributed by atoms with van der Waals surface area (Å²) in [5.74, 6) is 0.978. The summed E-state index contributed by atoms with van der Waals surface area (Å²) in [5.41, 5.74) is 1.12. The molecule has 1 unspecified atom stereocenters. The van der Waals surface area contributed by atoms with E-state index in [1.54, 1.807) is 54.6 Å². The molecular weight excluding hydrogens is 498 g/mol. The van der Waals surface area contributed by atoms with E-state index in [1.165, 1.54) is 13.2 Å². The molecule has 0 aliphatic carbocycles. The minimum atomic E-state index is -4.07. The fourth-order valence-electron chi connectivity index (χ4n) is 4.17. The van der Waals surface area contributed by atoms with Gasteiger partial charge in [-0.25, -0.2) is 8.42 Å². The number of hydrogen-bond acceptors (Lipinski definition) is 8. The van der Waals surface area contributed by atoms with Gasteiger partial charge in [0.05, 0.1) is 31.7 Å². The van der Waals surface area contributed by atoms with Crippen molar-refractivity contribution in [1.82, 2.24) is 0 Å². The second kappa shape index (κ2) is 10.6. The maximum Gasteiger partial charge on any atom is 0.269 e. The summed E-state index contributed by atoms with van der Waals surface area (Å²) >= 11 is 0. The number of anilines is 3. The van der Waals surface area contributed by atoms with Crippen molar-refractivity contribution in [2.24, 2.45) is 0 Å². The van der Waals surface area contributed by atoms with Crippen LogP contribution in [-0.4, -0.2) is 60.4 Å². The number of carbonyl (C=O) groups is 1. The van der Waals surface area contributed by atoms with Crippen molar-refractivity contribution in [2.75, 3.05) is 55.0 Å². The Bertz CT molecular complexity index is 1390. The number of morpholine rings is 1. The molecule has 194 valence electrons. The van der Waals surface area contributed by atoms with Gasteiger partial charge in [-0.15, -0.1) is 0 Å². The summed E-state index contributed by atoms with van der Waals surface area (Å²) in [6.07, 6.45) is -0.888. The first-order valence-electron chi connectivity index (χ1n) is 11.8. The molecular formula is C26H27N3O7S. The molecule has 3 aromatic carbocycles. The number of methoxy groups -OCH3 is 1. The summed E-state index contributed by atoms with van der Waals surface area (Å²) < 4.78 is 52.0. The molecule has 5 rings (SSSR count). The minimum absolute atomic E-state index is 0.0178. The summed E-state index contributed by atoms with van der Waals surface area (Å²) in [7, 11) is -2.60. The number of nitrogens with zero attached hydrogens (tertiary/aromatic N) is 1. The first-order valence-corrected chi connectivity index (χ1v) is 13.2. The first kappa shape index (κ1) is 24.7. The lowest BCUT2D eigenvalue weighted by molar-refractivity contribution is -0.125. The van der Waals surface area contributed by atoms with E-state index in [2.05, 4.69) is 10.0 Å². The van der Waals surface area contributed by atoms with Crippen LogP contribution >= 0.6 is 0 Å². The van der Waals surface area contributed by atoms with E-state index in [-0.39, 0.29) is 11.5 Å². The minimum Gasteiger partial charge on any atom is -0.495 e. The highest BCUT2D eigenvalue weighted by atomic mass is 32.2. The number of sulfonamides is 1. The van der Waals surface area contributed by atoms with Gasteiger partial charge in [-0.1, -0.05) is 24.3 Å². The number of benzene rings is 3. The van der Waals surface area contributed by atoms with Crippen LogP contribution in [0.3, 0.4) is 0 Å². The normalized spacial score (nSPS) is 17.1. The topological polar surface area (TPSA) is 115 Å². The summed E-state index contributed by atoms with van der Waals surface area (Å²) in [4.78, 5) is 14.9. The van der Waals surface area contributed by atoms with E-state index in [1.807, 2.05) is 11.0 Å². The predicted octanol–water partition coefficient (Wildman–Crippen LogP) is 3.11. The van der Waals surface area contributed by atoms with Gasteiger partial charge in [0.25, 0.3) is 15.9 Å². The van der Waals surface area contributed by atoms with Crippen molar-refractivity contribution < 1.29 is 32.2 Å². The second-order valence-electron chi connectivity index (χ2n) is 8.44. The molecule has 0 bridgehead atoms. The predicted molar refractivity (Wildman–Crippen MR) is 138 cm³/mol. The maximum absolute atomic E-state index is 13.6. The molecule has 3 aromatic rings. The van der Waals surface area contributed by atoms with Crippen molar-refractivity contribution in [2.45, 2.75) is 11.0 Å². The van der Waals surface area contributed by atoms with Crippen molar-refractivity contribution in [3.8, 4) is 17.2 Å². The molecule has 11 heteroatoms. The van der Waals surface area contributed by atoms with Crippen LogP contribution in [0.4, 0.5) is 17.1 Å². The fraction of sp³-hybridized carbons (Fsp3) is 0.269. The smallest absolute Gasteiger partial charge is 0.269 e. The third-order valence-corrected chi connectivity index (χ3v) is 7.42. The van der Waals surface area contributed by atoms with Gasteiger partial charge in [-0.2, -0.15) is 0 Å². The highest BCUT2D eigenvalue weighted by Crippen LogP contribution is 2.34. The zero-order valence-corrected chi connectivity index (χ0v) is 21.0. The SMILES string of the molecule is COc1ccccc1NS(=O)(=O)c1cc(NC(=O)C2COc3ccccc3O2)ccc1N1CCOCC1. The molecule has 1 saturated heterocycles. The zero-order valence-electron chi connectivity index (χ0n) is 20.2. The quantitative estimate of drug-likeness (QED) is 0.484. The second-order valence-corrected chi connectivity index (χ2v) is 10.1. The highest BCUT2D eigenvalue weighted by Gasteiger charge is 2.29. The number of fused-ring (bicyclic) bond motifs is 1. The molecule has 0 saturated carbocycles. The molecule has 2 aliphatic heterocycles. The average molecular weight is 526 g/mol. The van der Waals surface area contributed by atoms with Crippen LogP contribution in [0.5, 0.6) is 17.2 Å². The van der Waals surface area contributed by atoms with Gasteiger partial charge in [-0.05, 0) is 42.5 Å². The lowest BCUT2D eigenvalue weighted by atomic mass is 10.2. The standard InChI is InChI=1S/C26H27N3O7S/c1-33-21-7-3-2-6-19(21)28-37(31,32)25-16-18(10-11-20(25)29-12-14-34-15-13-29)27-26(30)24-17-35-22-8-4-5-9-23(22)36-24/h2-11,16,24,28H,12-15,17H2,1H3,(H,27,30). The first-order chi connectivity index (χ1) is 17.9. The third-order valence-electron chi connectivity index (χ3n) is 6.02. The maximum atomic E-state index is 13.6. The summed E-state index contributed by atoms with van der Waals surface area (Å²) in [5, 5.41) is 2.77. The Labute approximate surface area is 215 Å². The van der Waals surface area contributed by atoms with Crippen molar-refractivity contribution in [3.05, 3.63) is 66.7 Å². The number of ether oxygens (including phenoxy) is 4. The Morgan fingerprint density at radius 3 is 2.51 bits per heavy atom. The van der Waals surface area contributed by atoms with Gasteiger partial charge in [0.2, 0.25) is 6.10 Å². The molecule has 2 N–H and O–H groups in total. The summed E-state index contributed by atoms with van der Waals surface area (Å²) in [6, 6.07) is 18.6. The summed E-state index contributed by atoms with van der Waals surface area (Å²) in [6.45, 7) is 2.08. The van der Waals surface area contributed by atoms with Gasteiger partial charge in [0, 0.05) is 18.8 Å². The number of nitrogens with one attached hydrogen (secondary N) is 2. The Morgan fingerprint density at radius 2 is 1.73 bits per heavy atom. The van der Waals surface area contributed by atoms with E-state index >= 15 is 0 Å². The number of hydrogen-bond donors (Lipinski definition) is 2. The lowest BCUT2D eigenvalue weighted by Gasteiger charge is -2.31. The molecule has 1 fully saturated rings. The van der Waals surface area contributed by atoms with Crippen molar-refractivity contribution in [1.29, 1.82) is 0 Å².